The molecule has 1 saturated carbocycles. The molecule has 1 aromatic carbocycles. The van der Waals surface area contributed by atoms with Crippen LogP contribution < -0.4 is 15.4 Å². The Kier molecular flexibility index (Phi) is 6.37. The Bertz CT molecular complexity index is 721. The van der Waals surface area contributed by atoms with Crippen LogP contribution in [0.5, 0.6) is 5.75 Å². The van der Waals surface area contributed by atoms with E-state index in [1.54, 1.807) is 14.0 Å². The highest BCUT2D eigenvalue weighted by Crippen LogP contribution is 2.31. The zero-order valence-corrected chi connectivity index (χ0v) is 16.0. The summed E-state index contributed by atoms with van der Waals surface area (Å²) in [5, 5.41) is 5.54. The van der Waals surface area contributed by atoms with Crippen molar-refractivity contribution in [2.24, 2.45) is 0 Å². The van der Waals surface area contributed by atoms with Crippen molar-refractivity contribution in [3.05, 3.63) is 41.1 Å². The van der Waals surface area contributed by atoms with Gasteiger partial charge in [0.05, 0.1) is 18.7 Å². The van der Waals surface area contributed by atoms with Gasteiger partial charge in [0.2, 0.25) is 0 Å². The summed E-state index contributed by atoms with van der Waals surface area (Å²) in [6.45, 7) is 1.74. The van der Waals surface area contributed by atoms with E-state index in [2.05, 4.69) is 10.6 Å². The molecule has 1 aliphatic carbocycles. The summed E-state index contributed by atoms with van der Waals surface area (Å²) in [5.74, 6) is 0.309. The summed E-state index contributed by atoms with van der Waals surface area (Å²) in [6, 6.07) is 6.48. The number of nitrogens with one attached hydrogen (secondary N) is 2. The molecule has 3 rings (SSSR count). The number of benzene rings is 1. The molecule has 0 bridgehead atoms. The van der Waals surface area contributed by atoms with Crippen LogP contribution in [0.3, 0.4) is 0 Å². The number of esters is 1. The molecule has 1 fully saturated rings. The molecular weight excluding hydrogens is 344 g/mol. The Morgan fingerprint density at radius 2 is 1.81 bits per heavy atom. The van der Waals surface area contributed by atoms with Gasteiger partial charge in [0.25, 0.3) is 0 Å². The standard InChI is InChI=1S/C21H28N2O4/c1-14-18(20(24)27-16-10-6-4-3-5-7-11-16)19(23-21(25)22-14)15-9-8-12-17(13-15)26-2/h8-9,12-13,16,19H,3-7,10-11H2,1-2H3,(H2,22,23,25). The van der Waals surface area contributed by atoms with Gasteiger partial charge in [0, 0.05) is 5.70 Å². The molecular formula is C21H28N2O4. The number of ether oxygens (including phenoxy) is 2. The zero-order valence-electron chi connectivity index (χ0n) is 16.0. The minimum Gasteiger partial charge on any atom is -0.497 e. The molecule has 146 valence electrons. The number of hydrogen-bond acceptors (Lipinski definition) is 4. The molecule has 0 aromatic heterocycles. The summed E-state index contributed by atoms with van der Waals surface area (Å²) < 4.78 is 11.1. The van der Waals surface area contributed by atoms with Crippen molar-refractivity contribution in [3.63, 3.8) is 0 Å². The first-order chi connectivity index (χ1) is 13.1. The van der Waals surface area contributed by atoms with Crippen molar-refractivity contribution in [3.8, 4) is 5.75 Å². The molecule has 6 heteroatoms. The van der Waals surface area contributed by atoms with E-state index in [-0.39, 0.29) is 18.1 Å². The van der Waals surface area contributed by atoms with Crippen LogP contribution in [0.2, 0.25) is 0 Å². The number of methoxy groups -OCH3 is 1. The van der Waals surface area contributed by atoms with Crippen LogP contribution in [0, 0.1) is 0 Å². The summed E-state index contributed by atoms with van der Waals surface area (Å²) in [5.41, 5.74) is 1.76. The third-order valence-electron chi connectivity index (χ3n) is 5.24. The van der Waals surface area contributed by atoms with Crippen molar-refractivity contribution in [1.29, 1.82) is 0 Å². The lowest BCUT2D eigenvalue weighted by Crippen LogP contribution is -2.45. The molecule has 0 radical (unpaired) electrons. The molecule has 2 amide bonds. The van der Waals surface area contributed by atoms with E-state index in [9.17, 15) is 9.59 Å². The maximum absolute atomic E-state index is 13.0. The number of urea groups is 1. The fourth-order valence-electron chi connectivity index (χ4n) is 3.79. The topological polar surface area (TPSA) is 76.7 Å². The van der Waals surface area contributed by atoms with Gasteiger partial charge in [-0.15, -0.1) is 0 Å². The van der Waals surface area contributed by atoms with Crippen LogP contribution in [0.15, 0.2) is 35.5 Å². The average molecular weight is 372 g/mol. The SMILES string of the molecule is COc1cccc(C2NC(=O)NC(C)=C2C(=O)OC2CCCCCCC2)c1. The van der Waals surface area contributed by atoms with Crippen LogP contribution in [0.1, 0.15) is 63.5 Å². The largest absolute Gasteiger partial charge is 0.497 e. The highest BCUT2D eigenvalue weighted by molar-refractivity contribution is 5.95. The maximum Gasteiger partial charge on any atom is 0.338 e. The molecule has 0 spiro atoms. The van der Waals surface area contributed by atoms with Crippen molar-refractivity contribution in [1.82, 2.24) is 10.6 Å². The van der Waals surface area contributed by atoms with E-state index >= 15 is 0 Å². The predicted molar refractivity (Wildman–Crippen MR) is 102 cm³/mol. The van der Waals surface area contributed by atoms with Crippen LogP contribution in [-0.2, 0) is 9.53 Å². The number of carbonyl (C=O) groups excluding carboxylic acids is 2. The Labute approximate surface area is 160 Å². The van der Waals surface area contributed by atoms with Gasteiger partial charge in [-0.05, 0) is 50.3 Å². The zero-order chi connectivity index (χ0) is 19.2. The van der Waals surface area contributed by atoms with Crippen LogP contribution in [0.25, 0.3) is 0 Å². The lowest BCUT2D eigenvalue weighted by atomic mass is 9.95. The fraction of sp³-hybridized carbons (Fsp3) is 0.524. The Morgan fingerprint density at radius 3 is 2.52 bits per heavy atom. The smallest absolute Gasteiger partial charge is 0.338 e. The monoisotopic (exact) mass is 372 g/mol. The lowest BCUT2D eigenvalue weighted by Gasteiger charge is -2.30. The van der Waals surface area contributed by atoms with Crippen LogP contribution in [-0.4, -0.2) is 25.2 Å². The molecule has 6 nitrogen and oxygen atoms in total. The molecule has 27 heavy (non-hydrogen) atoms. The second kappa shape index (κ2) is 8.93. The second-order valence-electron chi connectivity index (χ2n) is 7.22. The van der Waals surface area contributed by atoms with E-state index in [1.165, 1.54) is 19.3 Å². The molecule has 1 heterocycles. The number of hydrogen-bond donors (Lipinski definition) is 2. The predicted octanol–water partition coefficient (Wildman–Crippen LogP) is 3.98. The first-order valence-electron chi connectivity index (χ1n) is 9.71. The van der Waals surface area contributed by atoms with Gasteiger partial charge >= 0.3 is 12.0 Å². The Balaban J connectivity index is 1.83. The van der Waals surface area contributed by atoms with E-state index in [0.717, 1.165) is 31.2 Å². The number of carbonyl (C=O) groups is 2. The highest BCUT2D eigenvalue weighted by atomic mass is 16.5. The van der Waals surface area contributed by atoms with Gasteiger partial charge < -0.3 is 20.1 Å². The van der Waals surface area contributed by atoms with Gasteiger partial charge in [-0.2, -0.15) is 0 Å². The van der Waals surface area contributed by atoms with Gasteiger partial charge in [-0.25, -0.2) is 9.59 Å². The van der Waals surface area contributed by atoms with Crippen LogP contribution >= 0.6 is 0 Å². The summed E-state index contributed by atoms with van der Waals surface area (Å²) in [4.78, 5) is 25.0. The summed E-state index contributed by atoms with van der Waals surface area (Å²) in [7, 11) is 1.59. The molecule has 1 unspecified atom stereocenters. The number of amides is 2. The van der Waals surface area contributed by atoms with Crippen molar-refractivity contribution >= 4 is 12.0 Å². The minimum atomic E-state index is -0.560. The van der Waals surface area contributed by atoms with E-state index in [0.29, 0.717) is 17.0 Å². The summed E-state index contributed by atoms with van der Waals surface area (Å²) >= 11 is 0. The Morgan fingerprint density at radius 1 is 1.11 bits per heavy atom. The third-order valence-corrected chi connectivity index (χ3v) is 5.24. The molecule has 1 atom stereocenters. The van der Waals surface area contributed by atoms with E-state index in [4.69, 9.17) is 9.47 Å². The quantitative estimate of drug-likeness (QED) is 0.784. The van der Waals surface area contributed by atoms with Crippen molar-refractivity contribution in [2.45, 2.75) is 64.0 Å². The summed E-state index contributed by atoms with van der Waals surface area (Å²) in [6.07, 6.45) is 7.58. The number of allylic oxidation sites excluding steroid dienone is 1. The average Bonchev–Trinajstić information content (AvgIpc) is 2.63. The maximum atomic E-state index is 13.0. The van der Waals surface area contributed by atoms with E-state index < -0.39 is 6.04 Å². The van der Waals surface area contributed by atoms with Gasteiger partial charge in [-0.1, -0.05) is 31.4 Å². The molecule has 2 N–H and O–H groups in total. The lowest BCUT2D eigenvalue weighted by molar-refractivity contribution is -0.145. The third kappa shape index (κ3) is 4.81. The Hall–Kier alpha value is -2.50. The number of rotatable bonds is 4. The van der Waals surface area contributed by atoms with E-state index in [1.807, 2.05) is 24.3 Å². The highest BCUT2D eigenvalue weighted by Gasteiger charge is 2.33. The van der Waals surface area contributed by atoms with Crippen LogP contribution in [0.4, 0.5) is 4.79 Å². The molecule has 2 aliphatic rings. The first-order valence-corrected chi connectivity index (χ1v) is 9.71. The second-order valence-corrected chi connectivity index (χ2v) is 7.22. The van der Waals surface area contributed by atoms with Crippen molar-refractivity contribution in [2.75, 3.05) is 7.11 Å². The van der Waals surface area contributed by atoms with Gasteiger partial charge in [0.1, 0.15) is 11.9 Å². The van der Waals surface area contributed by atoms with Gasteiger partial charge in [-0.3, -0.25) is 0 Å². The molecule has 1 aromatic rings. The fourth-order valence-corrected chi connectivity index (χ4v) is 3.79. The van der Waals surface area contributed by atoms with Crippen molar-refractivity contribution < 1.29 is 19.1 Å². The minimum absolute atomic E-state index is 0.0540. The normalized spacial score (nSPS) is 21.6. The first kappa shape index (κ1) is 19.3. The molecule has 0 saturated heterocycles. The molecule has 1 aliphatic heterocycles. The van der Waals surface area contributed by atoms with Gasteiger partial charge in [0.15, 0.2) is 0 Å².